The van der Waals surface area contributed by atoms with Crippen LogP contribution in [0.5, 0.6) is 0 Å². The molecule has 1 aromatic rings. The van der Waals surface area contributed by atoms with Crippen LogP contribution >= 0.6 is 24.2 Å². The van der Waals surface area contributed by atoms with Crippen LogP contribution in [0.25, 0.3) is 0 Å². The minimum absolute atomic E-state index is 0.321. The number of hydrogen-bond donors (Lipinski definition) is 2. The van der Waals surface area contributed by atoms with Gasteiger partial charge in [-0.1, -0.05) is 17.7 Å². The molecule has 0 spiro atoms. The van der Waals surface area contributed by atoms with E-state index < -0.39 is 5.00 Å². The van der Waals surface area contributed by atoms with Crippen molar-refractivity contribution in [3.05, 3.63) is 54.0 Å². The van der Waals surface area contributed by atoms with Crippen molar-refractivity contribution in [3.8, 4) is 0 Å². The van der Waals surface area contributed by atoms with E-state index in [2.05, 4.69) is 22.9 Å². The second-order valence-electron chi connectivity index (χ2n) is 3.31. The minimum atomic E-state index is -0.982. The molecule has 0 saturated heterocycles. The number of halogens is 1. The Hall–Kier alpha value is -1.26. The van der Waals surface area contributed by atoms with Crippen LogP contribution in [0, 0.1) is 0 Å². The maximum atomic E-state index is 11.2. The fraction of sp³-hybridized carbons (Fsp3) is 0.0909. The average Bonchev–Trinajstić information content (AvgIpc) is 2.30. The Balaban J connectivity index is 2.41. The van der Waals surface area contributed by atoms with Gasteiger partial charge in [0.2, 0.25) is 5.12 Å². The van der Waals surface area contributed by atoms with Crippen molar-refractivity contribution in [2.45, 2.75) is 5.00 Å². The smallest absolute Gasteiger partial charge is 0.216 e. The van der Waals surface area contributed by atoms with Crippen LogP contribution in [0.2, 0.25) is 0 Å². The van der Waals surface area contributed by atoms with Gasteiger partial charge < -0.3 is 5.32 Å². The third-order valence-corrected chi connectivity index (χ3v) is 2.87. The Bertz CT molecular complexity index is 472. The molecule has 0 unspecified atom stereocenters. The average molecular weight is 253 g/mol. The van der Waals surface area contributed by atoms with Gasteiger partial charge in [-0.05, 0) is 30.5 Å². The molecule has 2 rings (SSSR count). The molecular weight excluding hydrogens is 244 g/mol. The lowest BCUT2D eigenvalue weighted by Crippen LogP contribution is -2.34. The molecule has 0 aliphatic carbocycles. The van der Waals surface area contributed by atoms with Gasteiger partial charge in [-0.3, -0.25) is 9.78 Å². The lowest BCUT2D eigenvalue weighted by atomic mass is 10.1. The Morgan fingerprint density at radius 1 is 1.50 bits per heavy atom. The Labute approximate surface area is 104 Å². The van der Waals surface area contributed by atoms with Crippen molar-refractivity contribution in [1.82, 2.24) is 10.3 Å². The van der Waals surface area contributed by atoms with Crippen LogP contribution in [0.4, 0.5) is 0 Å². The van der Waals surface area contributed by atoms with Crippen LogP contribution in [0.15, 0.2) is 48.3 Å². The molecule has 1 N–H and O–H groups in total. The lowest BCUT2D eigenvalue weighted by Gasteiger charge is -2.26. The molecule has 0 amide bonds. The number of aromatic nitrogens is 1. The topological polar surface area (TPSA) is 42.0 Å². The zero-order valence-electron chi connectivity index (χ0n) is 8.22. The van der Waals surface area contributed by atoms with Crippen molar-refractivity contribution < 1.29 is 4.79 Å². The number of carbonyl (C=O) groups excluding carboxylic acids is 1. The van der Waals surface area contributed by atoms with Crippen LogP contribution in [-0.4, -0.2) is 10.1 Å². The molecule has 82 valence electrons. The van der Waals surface area contributed by atoms with Gasteiger partial charge in [0.15, 0.2) is 5.00 Å². The molecule has 1 aliphatic rings. The summed E-state index contributed by atoms with van der Waals surface area (Å²) in [4.78, 5) is 14.3. The number of dihydropyridines is 1. The molecular formula is C11H9ClN2OS. The highest BCUT2D eigenvalue weighted by atomic mass is 35.5. The summed E-state index contributed by atoms with van der Waals surface area (Å²) in [5, 5.41) is 2.64. The molecule has 2 heterocycles. The molecule has 0 bridgehead atoms. The van der Waals surface area contributed by atoms with Crippen molar-refractivity contribution in [2.24, 2.45) is 0 Å². The number of thiol groups is 1. The first-order chi connectivity index (χ1) is 7.62. The van der Waals surface area contributed by atoms with Crippen molar-refractivity contribution in [1.29, 1.82) is 0 Å². The van der Waals surface area contributed by atoms with Crippen molar-refractivity contribution in [3.63, 3.8) is 0 Å². The molecule has 16 heavy (non-hydrogen) atoms. The van der Waals surface area contributed by atoms with Gasteiger partial charge in [-0.2, -0.15) is 0 Å². The van der Waals surface area contributed by atoms with Crippen molar-refractivity contribution in [2.75, 3.05) is 0 Å². The van der Waals surface area contributed by atoms with E-state index >= 15 is 0 Å². The van der Waals surface area contributed by atoms with Gasteiger partial charge in [0, 0.05) is 11.8 Å². The molecule has 0 aromatic carbocycles. The largest absolute Gasteiger partial charge is 0.365 e. The van der Waals surface area contributed by atoms with Gasteiger partial charge in [0.1, 0.15) is 0 Å². The molecule has 0 saturated carbocycles. The zero-order chi connectivity index (χ0) is 11.6. The van der Waals surface area contributed by atoms with E-state index in [1.54, 1.807) is 36.7 Å². The first-order valence-corrected chi connectivity index (χ1v) is 5.45. The molecule has 1 aliphatic heterocycles. The van der Waals surface area contributed by atoms with E-state index in [0.717, 1.165) is 0 Å². The van der Waals surface area contributed by atoms with Gasteiger partial charge in [0.05, 0.1) is 5.69 Å². The second kappa shape index (κ2) is 4.31. The summed E-state index contributed by atoms with van der Waals surface area (Å²) in [5.74, 6) is 0. The fourth-order valence-electron chi connectivity index (χ4n) is 1.42. The highest BCUT2D eigenvalue weighted by Crippen LogP contribution is 2.30. The first kappa shape index (κ1) is 11.2. The Morgan fingerprint density at radius 2 is 2.31 bits per heavy atom. The van der Waals surface area contributed by atoms with E-state index in [1.165, 1.54) is 0 Å². The minimum Gasteiger partial charge on any atom is -0.365 e. The summed E-state index contributed by atoms with van der Waals surface area (Å²) >= 11 is 10.1. The summed E-state index contributed by atoms with van der Waals surface area (Å²) in [6.07, 6.45) is 6.49. The number of rotatable bonds is 2. The van der Waals surface area contributed by atoms with Gasteiger partial charge in [0.25, 0.3) is 0 Å². The van der Waals surface area contributed by atoms with Crippen LogP contribution < -0.4 is 5.32 Å². The maximum absolute atomic E-state index is 11.2. The van der Waals surface area contributed by atoms with Gasteiger partial charge in [-0.15, -0.1) is 12.6 Å². The van der Waals surface area contributed by atoms with E-state index in [9.17, 15) is 4.79 Å². The number of pyridine rings is 1. The highest BCUT2D eigenvalue weighted by molar-refractivity contribution is 7.97. The molecule has 0 fully saturated rings. The molecule has 1 atom stereocenters. The standard InChI is InChI=1S/C11H9ClN2OS/c12-11(9-3-1-2-5-13-9)7-8(10(15)16)4-6-14-11/h1-7,14H,(H,15,16)/t11-/m1/s1. The van der Waals surface area contributed by atoms with E-state index in [1.807, 2.05) is 6.07 Å². The van der Waals surface area contributed by atoms with Gasteiger partial charge in [-0.25, -0.2) is 0 Å². The van der Waals surface area contributed by atoms with Crippen LogP contribution in [0.3, 0.4) is 0 Å². The van der Waals surface area contributed by atoms with E-state index in [4.69, 9.17) is 11.6 Å². The van der Waals surface area contributed by atoms with Crippen molar-refractivity contribution >= 4 is 29.3 Å². The number of nitrogens with zero attached hydrogens (tertiary/aromatic N) is 1. The monoisotopic (exact) mass is 252 g/mol. The first-order valence-electron chi connectivity index (χ1n) is 4.63. The summed E-state index contributed by atoms with van der Waals surface area (Å²) in [5.41, 5.74) is 1.08. The number of hydrogen-bond acceptors (Lipinski definition) is 3. The van der Waals surface area contributed by atoms with Crippen LogP contribution in [0.1, 0.15) is 5.69 Å². The number of alkyl halides is 1. The normalized spacial score (nSPS) is 23.5. The second-order valence-corrected chi connectivity index (χ2v) is 4.31. The number of allylic oxidation sites excluding steroid dienone is 1. The summed E-state index contributed by atoms with van der Waals surface area (Å²) in [6, 6.07) is 5.43. The van der Waals surface area contributed by atoms with E-state index in [-0.39, 0.29) is 5.12 Å². The predicted octanol–water partition coefficient (Wildman–Crippen LogP) is 1.97. The molecule has 0 radical (unpaired) electrons. The quantitative estimate of drug-likeness (QED) is 0.481. The lowest BCUT2D eigenvalue weighted by molar-refractivity contribution is -0.107. The van der Waals surface area contributed by atoms with Crippen LogP contribution in [-0.2, 0) is 9.79 Å². The maximum Gasteiger partial charge on any atom is 0.216 e. The predicted molar refractivity (Wildman–Crippen MR) is 66.1 cm³/mol. The number of carbonyl (C=O) groups is 1. The summed E-state index contributed by atoms with van der Waals surface area (Å²) in [6.45, 7) is 0. The third kappa shape index (κ3) is 2.13. The fourth-order valence-corrected chi connectivity index (χ4v) is 1.85. The third-order valence-electron chi connectivity index (χ3n) is 2.20. The molecule has 5 heteroatoms. The van der Waals surface area contributed by atoms with Gasteiger partial charge >= 0.3 is 0 Å². The molecule has 3 nitrogen and oxygen atoms in total. The zero-order valence-corrected chi connectivity index (χ0v) is 9.87. The summed E-state index contributed by atoms with van der Waals surface area (Å²) < 4.78 is 0. The highest BCUT2D eigenvalue weighted by Gasteiger charge is 2.30. The number of nitrogens with one attached hydrogen (secondary N) is 1. The SMILES string of the molecule is O=C(S)C1=C[C@](Cl)(c2ccccn2)NC=C1. The summed E-state index contributed by atoms with van der Waals surface area (Å²) in [7, 11) is 0. The Kier molecular flexibility index (Phi) is 3.03. The molecule has 1 aromatic heterocycles. The van der Waals surface area contributed by atoms with E-state index in [0.29, 0.717) is 11.3 Å². The Morgan fingerprint density at radius 3 is 2.94 bits per heavy atom.